The Hall–Kier alpha value is -3.66. The molecule has 0 bridgehead atoms. The molecule has 10 heteroatoms. The summed E-state index contributed by atoms with van der Waals surface area (Å²) in [6, 6.07) is 8.47. The number of carboxylic acids is 1. The number of anilines is 3. The smallest absolute Gasteiger partial charge is 0.303 e. The van der Waals surface area contributed by atoms with Crippen LogP contribution in [-0.4, -0.2) is 51.9 Å². The first-order valence-corrected chi connectivity index (χ1v) is 12.0. The molecule has 194 valence electrons. The van der Waals surface area contributed by atoms with Gasteiger partial charge in [-0.05, 0) is 47.7 Å². The Balaban J connectivity index is 1.94. The van der Waals surface area contributed by atoms with Gasteiger partial charge in [0.1, 0.15) is 17.7 Å². The largest absolute Gasteiger partial charge is 0.481 e. The van der Waals surface area contributed by atoms with Gasteiger partial charge in [0.05, 0.1) is 6.42 Å². The van der Waals surface area contributed by atoms with Crippen molar-refractivity contribution in [2.75, 3.05) is 23.4 Å². The SMILES string of the molecule is CC(C)C(CC(=O)O)(C(C)C)C(N)C1Nc2ccc(C(=O)Nc3cccc(N)n3)cc2CN(C)C1=O. The third-order valence-corrected chi connectivity index (χ3v) is 7.33. The maximum Gasteiger partial charge on any atom is 0.303 e. The van der Waals surface area contributed by atoms with E-state index in [0.29, 0.717) is 22.9 Å². The lowest BCUT2D eigenvalue weighted by atomic mass is 9.60. The number of hydrogen-bond acceptors (Lipinski definition) is 7. The molecule has 3 rings (SSSR count). The van der Waals surface area contributed by atoms with E-state index in [1.165, 1.54) is 0 Å². The van der Waals surface area contributed by atoms with Crippen molar-refractivity contribution in [3.63, 3.8) is 0 Å². The fraction of sp³-hybridized carbons (Fsp3) is 0.462. The Morgan fingerprint density at radius 2 is 1.89 bits per heavy atom. The number of carbonyl (C=O) groups is 3. The van der Waals surface area contributed by atoms with Gasteiger partial charge in [-0.2, -0.15) is 0 Å². The number of pyridine rings is 1. The Labute approximate surface area is 211 Å². The van der Waals surface area contributed by atoms with Crippen LogP contribution in [0.2, 0.25) is 0 Å². The van der Waals surface area contributed by atoms with E-state index in [1.54, 1.807) is 48.3 Å². The summed E-state index contributed by atoms with van der Waals surface area (Å²) in [6.45, 7) is 8.05. The van der Waals surface area contributed by atoms with Gasteiger partial charge in [0, 0.05) is 36.3 Å². The number of nitrogens with zero attached hydrogens (tertiary/aromatic N) is 2. The molecular formula is C26H36N6O4. The molecule has 2 unspecified atom stereocenters. The van der Waals surface area contributed by atoms with Gasteiger partial charge in [0.25, 0.3) is 5.91 Å². The van der Waals surface area contributed by atoms with E-state index in [4.69, 9.17) is 11.5 Å². The molecule has 1 aliphatic rings. The number of nitrogens with two attached hydrogens (primary N) is 2. The molecular weight excluding hydrogens is 460 g/mol. The first-order valence-electron chi connectivity index (χ1n) is 12.0. The van der Waals surface area contributed by atoms with Gasteiger partial charge in [-0.1, -0.05) is 33.8 Å². The lowest BCUT2D eigenvalue weighted by molar-refractivity contribution is -0.144. The number of benzene rings is 1. The van der Waals surface area contributed by atoms with E-state index in [-0.39, 0.29) is 36.6 Å². The van der Waals surface area contributed by atoms with Gasteiger partial charge >= 0.3 is 5.97 Å². The van der Waals surface area contributed by atoms with E-state index in [0.717, 1.165) is 5.56 Å². The second-order valence-corrected chi connectivity index (χ2v) is 10.1. The molecule has 1 aliphatic heterocycles. The third-order valence-electron chi connectivity index (χ3n) is 7.33. The summed E-state index contributed by atoms with van der Waals surface area (Å²) < 4.78 is 0. The van der Waals surface area contributed by atoms with Crippen molar-refractivity contribution >= 4 is 35.1 Å². The number of likely N-dealkylation sites (N-methyl/N-ethyl adjacent to an activating group) is 1. The van der Waals surface area contributed by atoms with Crippen LogP contribution in [-0.2, 0) is 16.1 Å². The summed E-state index contributed by atoms with van der Waals surface area (Å²) in [7, 11) is 1.67. The van der Waals surface area contributed by atoms with Gasteiger partial charge in [0.15, 0.2) is 0 Å². The van der Waals surface area contributed by atoms with Crippen LogP contribution >= 0.6 is 0 Å². The minimum absolute atomic E-state index is 0.0852. The Kier molecular flexibility index (Phi) is 7.88. The standard InChI is InChI=1S/C26H36N6O4/c1-14(2)26(15(3)4,12-21(33)34)23(28)22-25(36)32(5)13-17-11-16(9-10-18(17)29-22)24(35)31-20-8-6-7-19(27)30-20/h6-11,14-15,22-23,29H,12-13,28H2,1-5H3,(H,33,34)(H3,27,30,31,35). The monoisotopic (exact) mass is 496 g/mol. The fourth-order valence-electron chi connectivity index (χ4n) is 5.29. The van der Waals surface area contributed by atoms with Gasteiger partial charge in [-0.25, -0.2) is 4.98 Å². The number of nitrogens with one attached hydrogen (secondary N) is 2. The van der Waals surface area contributed by atoms with Crippen molar-refractivity contribution in [3.8, 4) is 0 Å². The summed E-state index contributed by atoms with van der Waals surface area (Å²) in [6.07, 6.45) is -0.150. The lowest BCUT2D eigenvalue weighted by Gasteiger charge is -2.47. The molecule has 36 heavy (non-hydrogen) atoms. The molecule has 0 aliphatic carbocycles. The number of carbonyl (C=O) groups excluding carboxylic acids is 2. The molecule has 0 radical (unpaired) electrons. The highest BCUT2D eigenvalue weighted by Gasteiger charge is 2.50. The first kappa shape index (κ1) is 26.9. The second-order valence-electron chi connectivity index (χ2n) is 10.1. The fourth-order valence-corrected chi connectivity index (χ4v) is 5.29. The van der Waals surface area contributed by atoms with Crippen molar-refractivity contribution in [1.82, 2.24) is 9.88 Å². The molecule has 0 fully saturated rings. The second kappa shape index (κ2) is 10.5. The number of amides is 2. The predicted molar refractivity (Wildman–Crippen MR) is 139 cm³/mol. The van der Waals surface area contributed by atoms with Gasteiger partial charge in [-0.3, -0.25) is 14.4 Å². The van der Waals surface area contributed by atoms with E-state index >= 15 is 0 Å². The lowest BCUT2D eigenvalue weighted by Crippen LogP contribution is -2.61. The zero-order valence-electron chi connectivity index (χ0n) is 21.4. The van der Waals surface area contributed by atoms with Crippen LogP contribution < -0.4 is 22.1 Å². The molecule has 2 atom stereocenters. The summed E-state index contributed by atoms with van der Waals surface area (Å²) in [4.78, 5) is 43.8. The number of fused-ring (bicyclic) bond motifs is 1. The van der Waals surface area contributed by atoms with Crippen LogP contribution in [0.3, 0.4) is 0 Å². The van der Waals surface area contributed by atoms with Crippen LogP contribution in [0.1, 0.15) is 50.0 Å². The quantitative estimate of drug-likeness (QED) is 0.372. The van der Waals surface area contributed by atoms with Crippen molar-refractivity contribution in [2.24, 2.45) is 23.0 Å². The van der Waals surface area contributed by atoms with Crippen molar-refractivity contribution in [2.45, 2.75) is 52.7 Å². The maximum atomic E-state index is 13.5. The topological polar surface area (TPSA) is 164 Å². The molecule has 0 saturated heterocycles. The molecule has 7 N–H and O–H groups in total. The first-order chi connectivity index (χ1) is 16.9. The summed E-state index contributed by atoms with van der Waals surface area (Å²) in [5.41, 5.74) is 13.5. The van der Waals surface area contributed by atoms with E-state index in [2.05, 4.69) is 15.6 Å². The van der Waals surface area contributed by atoms with Gasteiger partial charge < -0.3 is 32.1 Å². The number of rotatable bonds is 8. The molecule has 10 nitrogen and oxygen atoms in total. The molecule has 2 aromatic rings. The maximum absolute atomic E-state index is 13.5. The molecule has 1 aromatic heterocycles. The Bertz CT molecular complexity index is 1140. The highest BCUT2D eigenvalue weighted by molar-refractivity contribution is 6.04. The summed E-state index contributed by atoms with van der Waals surface area (Å²) >= 11 is 0. The van der Waals surface area contributed by atoms with Gasteiger partial charge in [0.2, 0.25) is 5.91 Å². The minimum Gasteiger partial charge on any atom is -0.481 e. The van der Waals surface area contributed by atoms with E-state index < -0.39 is 23.5 Å². The predicted octanol–water partition coefficient (Wildman–Crippen LogP) is 2.77. The normalized spacial score (nSPS) is 16.8. The van der Waals surface area contributed by atoms with Crippen LogP contribution in [0.25, 0.3) is 0 Å². The average Bonchev–Trinajstić information content (AvgIpc) is 2.92. The Morgan fingerprint density at radius 3 is 2.47 bits per heavy atom. The van der Waals surface area contributed by atoms with E-state index in [9.17, 15) is 19.5 Å². The zero-order valence-corrected chi connectivity index (χ0v) is 21.4. The summed E-state index contributed by atoms with van der Waals surface area (Å²) in [5.74, 6) is -1.08. The van der Waals surface area contributed by atoms with Crippen LogP contribution in [0.15, 0.2) is 36.4 Å². The third kappa shape index (κ3) is 5.28. The highest BCUT2D eigenvalue weighted by atomic mass is 16.4. The molecule has 2 heterocycles. The van der Waals surface area contributed by atoms with Crippen LogP contribution in [0.5, 0.6) is 0 Å². The van der Waals surface area contributed by atoms with Crippen molar-refractivity contribution < 1.29 is 19.5 Å². The van der Waals surface area contributed by atoms with Crippen molar-refractivity contribution in [3.05, 3.63) is 47.5 Å². The van der Waals surface area contributed by atoms with Crippen LogP contribution in [0.4, 0.5) is 17.3 Å². The number of hydrogen-bond donors (Lipinski definition) is 5. The molecule has 1 aromatic carbocycles. The highest BCUT2D eigenvalue weighted by Crippen LogP contribution is 2.44. The van der Waals surface area contributed by atoms with Crippen molar-refractivity contribution in [1.29, 1.82) is 0 Å². The Morgan fingerprint density at radius 1 is 1.22 bits per heavy atom. The van der Waals surface area contributed by atoms with E-state index in [1.807, 2.05) is 27.7 Å². The molecule has 2 amide bonds. The van der Waals surface area contributed by atoms with Gasteiger partial charge in [-0.15, -0.1) is 0 Å². The number of aliphatic carboxylic acids is 1. The number of carboxylic acid groups (broad SMARTS) is 1. The average molecular weight is 497 g/mol. The number of nitrogen functional groups attached to an aromatic ring is 1. The summed E-state index contributed by atoms with van der Waals surface area (Å²) in [5, 5.41) is 15.7. The molecule has 0 saturated carbocycles. The van der Waals surface area contributed by atoms with Crippen LogP contribution in [0, 0.1) is 17.3 Å². The zero-order chi connectivity index (χ0) is 26.8. The number of aromatic nitrogens is 1. The molecule has 0 spiro atoms. The minimum atomic E-state index is -0.951.